The summed E-state index contributed by atoms with van der Waals surface area (Å²) in [7, 11) is 3.20. The van der Waals surface area contributed by atoms with Gasteiger partial charge >= 0.3 is 5.69 Å². The van der Waals surface area contributed by atoms with Gasteiger partial charge in [-0.2, -0.15) is 4.98 Å². The molecule has 28 heavy (non-hydrogen) atoms. The minimum atomic E-state index is -0.351. The molecule has 2 aromatic heterocycles. The Balaban J connectivity index is 1.95. The van der Waals surface area contributed by atoms with Crippen molar-refractivity contribution >= 4 is 17.1 Å². The van der Waals surface area contributed by atoms with E-state index in [1.54, 1.807) is 7.05 Å². The monoisotopic (exact) mass is 381 g/mol. The second-order valence-corrected chi connectivity index (χ2v) is 8.05. The van der Waals surface area contributed by atoms with Gasteiger partial charge in [0.1, 0.15) is 0 Å². The molecule has 0 spiro atoms. The van der Waals surface area contributed by atoms with Crippen molar-refractivity contribution in [3.05, 3.63) is 56.2 Å². The normalized spacial score (nSPS) is 17.4. The standard InChI is InChI=1S/C21H27N5O2/c1-14-7-9-16(10-8-14)13-26-17-18(23(3)21(28)24(4)19(17)27)22-20(26)25-11-5-6-15(2)12-25/h7-10,15H,5-6,11-13H2,1-4H3. The van der Waals surface area contributed by atoms with Gasteiger partial charge in [0.15, 0.2) is 11.2 Å². The van der Waals surface area contributed by atoms with Crippen molar-refractivity contribution in [2.45, 2.75) is 33.2 Å². The van der Waals surface area contributed by atoms with Crippen LogP contribution in [0.2, 0.25) is 0 Å². The van der Waals surface area contributed by atoms with Gasteiger partial charge in [-0.05, 0) is 31.2 Å². The van der Waals surface area contributed by atoms with E-state index in [0.717, 1.165) is 35.6 Å². The Kier molecular flexibility index (Phi) is 4.61. The number of anilines is 1. The lowest BCUT2D eigenvalue weighted by Crippen LogP contribution is -2.38. The molecule has 0 radical (unpaired) electrons. The second kappa shape index (κ2) is 6.96. The molecule has 3 aromatic rings. The lowest BCUT2D eigenvalue weighted by atomic mass is 10.0. The molecule has 0 bridgehead atoms. The number of fused-ring (bicyclic) bond motifs is 1. The molecule has 4 rings (SSSR count). The van der Waals surface area contributed by atoms with E-state index in [1.165, 1.54) is 23.6 Å². The molecular formula is C21H27N5O2. The lowest BCUT2D eigenvalue weighted by Gasteiger charge is -2.32. The van der Waals surface area contributed by atoms with Crippen LogP contribution in [-0.4, -0.2) is 31.8 Å². The number of aromatic nitrogens is 4. The topological polar surface area (TPSA) is 65.1 Å². The third-order valence-corrected chi connectivity index (χ3v) is 5.73. The van der Waals surface area contributed by atoms with Crippen LogP contribution in [0, 0.1) is 12.8 Å². The Morgan fingerprint density at radius 1 is 1.11 bits per heavy atom. The smallest absolute Gasteiger partial charge is 0.332 e. The number of nitrogens with zero attached hydrogens (tertiary/aromatic N) is 5. The van der Waals surface area contributed by atoms with Crippen molar-refractivity contribution in [3.8, 4) is 0 Å². The summed E-state index contributed by atoms with van der Waals surface area (Å²) in [5.74, 6) is 1.36. The molecule has 1 aliphatic rings. The highest BCUT2D eigenvalue weighted by molar-refractivity contribution is 5.74. The Morgan fingerprint density at radius 2 is 1.82 bits per heavy atom. The number of benzene rings is 1. The first-order valence-corrected chi connectivity index (χ1v) is 9.83. The zero-order valence-electron chi connectivity index (χ0n) is 17.0. The largest absolute Gasteiger partial charge is 0.342 e. The van der Waals surface area contributed by atoms with Gasteiger partial charge in [-0.3, -0.25) is 18.5 Å². The van der Waals surface area contributed by atoms with Crippen LogP contribution in [0.1, 0.15) is 30.9 Å². The number of hydrogen-bond donors (Lipinski definition) is 0. The van der Waals surface area contributed by atoms with Crippen LogP contribution in [0.5, 0.6) is 0 Å². The highest BCUT2D eigenvalue weighted by Gasteiger charge is 2.25. The second-order valence-electron chi connectivity index (χ2n) is 8.05. The van der Waals surface area contributed by atoms with Gasteiger partial charge in [0.05, 0.1) is 6.54 Å². The van der Waals surface area contributed by atoms with Gasteiger partial charge < -0.3 is 4.90 Å². The molecule has 1 unspecified atom stereocenters. The highest BCUT2D eigenvalue weighted by atomic mass is 16.2. The minimum absolute atomic E-state index is 0.297. The van der Waals surface area contributed by atoms with Crippen molar-refractivity contribution in [3.63, 3.8) is 0 Å². The summed E-state index contributed by atoms with van der Waals surface area (Å²) in [6, 6.07) is 8.31. The third-order valence-electron chi connectivity index (χ3n) is 5.73. The van der Waals surface area contributed by atoms with Gasteiger partial charge in [0, 0.05) is 27.2 Å². The molecule has 3 heterocycles. The van der Waals surface area contributed by atoms with Crippen LogP contribution in [0.25, 0.3) is 11.2 Å². The third kappa shape index (κ3) is 3.04. The molecule has 0 saturated carbocycles. The molecule has 7 nitrogen and oxygen atoms in total. The van der Waals surface area contributed by atoms with Crippen molar-refractivity contribution in [1.29, 1.82) is 0 Å². The summed E-state index contributed by atoms with van der Waals surface area (Å²) in [5, 5.41) is 0. The molecule has 1 saturated heterocycles. The summed E-state index contributed by atoms with van der Waals surface area (Å²) in [4.78, 5) is 32.4. The molecule has 1 aliphatic heterocycles. The van der Waals surface area contributed by atoms with E-state index in [1.807, 2.05) is 4.57 Å². The van der Waals surface area contributed by atoms with Crippen LogP contribution >= 0.6 is 0 Å². The van der Waals surface area contributed by atoms with Gasteiger partial charge in [-0.1, -0.05) is 36.8 Å². The first-order chi connectivity index (χ1) is 13.4. The number of rotatable bonds is 3. The molecule has 0 aliphatic carbocycles. The molecule has 7 heteroatoms. The molecule has 1 aromatic carbocycles. The van der Waals surface area contributed by atoms with Gasteiger partial charge in [-0.15, -0.1) is 0 Å². The molecule has 1 atom stereocenters. The summed E-state index contributed by atoms with van der Waals surface area (Å²) >= 11 is 0. The average Bonchev–Trinajstić information content (AvgIpc) is 3.06. The number of piperidine rings is 1. The van der Waals surface area contributed by atoms with Gasteiger partial charge in [0.2, 0.25) is 5.95 Å². The predicted octanol–water partition coefficient (Wildman–Crippen LogP) is 2.03. The Labute approximate surface area is 163 Å². The molecule has 0 amide bonds. The van der Waals surface area contributed by atoms with E-state index in [-0.39, 0.29) is 11.2 Å². The zero-order chi connectivity index (χ0) is 20.0. The van der Waals surface area contributed by atoms with Crippen LogP contribution in [0.3, 0.4) is 0 Å². The van der Waals surface area contributed by atoms with Crippen LogP contribution in [-0.2, 0) is 20.6 Å². The molecule has 0 N–H and O–H groups in total. The highest BCUT2D eigenvalue weighted by Crippen LogP contribution is 2.26. The summed E-state index contributed by atoms with van der Waals surface area (Å²) in [6.07, 6.45) is 2.31. The van der Waals surface area contributed by atoms with E-state index in [9.17, 15) is 9.59 Å². The predicted molar refractivity (Wildman–Crippen MR) is 111 cm³/mol. The molecular weight excluding hydrogens is 354 g/mol. The fourth-order valence-electron chi connectivity index (χ4n) is 4.07. The van der Waals surface area contributed by atoms with Crippen LogP contribution in [0.4, 0.5) is 5.95 Å². The maximum Gasteiger partial charge on any atom is 0.332 e. The minimum Gasteiger partial charge on any atom is -0.342 e. The Morgan fingerprint density at radius 3 is 2.50 bits per heavy atom. The van der Waals surface area contributed by atoms with E-state index in [2.05, 4.69) is 43.0 Å². The average molecular weight is 381 g/mol. The summed E-state index contributed by atoms with van der Waals surface area (Å²) < 4.78 is 4.62. The first kappa shape index (κ1) is 18.5. The molecule has 1 fully saturated rings. The Hall–Kier alpha value is -2.83. The summed E-state index contributed by atoms with van der Waals surface area (Å²) in [5.41, 5.74) is 2.59. The summed E-state index contributed by atoms with van der Waals surface area (Å²) in [6.45, 7) is 6.67. The fraction of sp³-hybridized carbons (Fsp3) is 0.476. The Bertz CT molecular complexity index is 1140. The number of imidazole rings is 1. The zero-order valence-corrected chi connectivity index (χ0v) is 17.0. The van der Waals surface area contributed by atoms with E-state index < -0.39 is 0 Å². The first-order valence-electron chi connectivity index (χ1n) is 9.83. The van der Waals surface area contributed by atoms with Crippen LogP contribution < -0.4 is 16.1 Å². The quantitative estimate of drug-likeness (QED) is 0.696. The van der Waals surface area contributed by atoms with E-state index in [0.29, 0.717) is 23.6 Å². The van der Waals surface area contributed by atoms with Gasteiger partial charge in [-0.25, -0.2) is 4.79 Å². The van der Waals surface area contributed by atoms with E-state index in [4.69, 9.17) is 4.98 Å². The van der Waals surface area contributed by atoms with E-state index >= 15 is 0 Å². The van der Waals surface area contributed by atoms with Gasteiger partial charge in [0.25, 0.3) is 5.56 Å². The SMILES string of the molecule is Cc1ccc(Cn2c(N3CCCC(C)C3)nc3c2c(=O)n(C)c(=O)n3C)cc1. The fourth-order valence-corrected chi connectivity index (χ4v) is 4.07. The van der Waals surface area contributed by atoms with Crippen molar-refractivity contribution in [2.75, 3.05) is 18.0 Å². The maximum absolute atomic E-state index is 13.0. The lowest BCUT2D eigenvalue weighted by molar-refractivity contribution is 0.439. The maximum atomic E-state index is 13.0. The van der Waals surface area contributed by atoms with Crippen molar-refractivity contribution in [2.24, 2.45) is 20.0 Å². The van der Waals surface area contributed by atoms with Crippen LogP contribution in [0.15, 0.2) is 33.9 Å². The number of hydrogen-bond acceptors (Lipinski definition) is 4. The molecule has 148 valence electrons. The van der Waals surface area contributed by atoms with Crippen molar-refractivity contribution < 1.29 is 0 Å². The van der Waals surface area contributed by atoms with Crippen molar-refractivity contribution in [1.82, 2.24) is 18.7 Å². The number of aryl methyl sites for hydroxylation is 2.